The molecular weight excluding hydrogens is 294 g/mol. The van der Waals surface area contributed by atoms with Crippen molar-refractivity contribution >= 4 is 30.5 Å². The highest BCUT2D eigenvalue weighted by Crippen LogP contribution is 2.50. The summed E-state index contributed by atoms with van der Waals surface area (Å²) in [5.74, 6) is 0.623. The van der Waals surface area contributed by atoms with E-state index in [1.54, 1.807) is 12.4 Å². The Labute approximate surface area is 97.2 Å². The van der Waals surface area contributed by atoms with E-state index < -0.39 is 0 Å². The van der Waals surface area contributed by atoms with Crippen molar-refractivity contribution in [2.24, 2.45) is 5.92 Å². The third kappa shape index (κ3) is 4.16. The van der Waals surface area contributed by atoms with Gasteiger partial charge in [0.1, 0.15) is 0 Å². The van der Waals surface area contributed by atoms with Gasteiger partial charge in [0.2, 0.25) is 0 Å². The number of ether oxygens (including phenoxy) is 1. The van der Waals surface area contributed by atoms with Crippen LogP contribution in [0.4, 0.5) is 0 Å². The van der Waals surface area contributed by atoms with Crippen molar-refractivity contribution in [1.29, 1.82) is 0 Å². The highest BCUT2D eigenvalue weighted by molar-refractivity contribution is 14.1. The molecule has 0 fully saturated rings. The first-order chi connectivity index (χ1) is 6.08. The monoisotopic (exact) mass is 314 g/mol. The van der Waals surface area contributed by atoms with Gasteiger partial charge in [0.15, 0.2) is 3.77 Å². The number of hydrogen-bond donors (Lipinski definition) is 0. The Hall–Kier alpha value is 0.700. The van der Waals surface area contributed by atoms with E-state index in [0.29, 0.717) is 5.92 Å². The molecule has 0 heterocycles. The van der Waals surface area contributed by atoms with E-state index in [0.717, 1.165) is 3.77 Å². The highest BCUT2D eigenvalue weighted by atomic mass is 127. The molecule has 0 rings (SSSR count). The molecule has 0 aromatic rings. The maximum Gasteiger partial charge on any atom is 0.160 e. The molecule has 0 atom stereocenters. The second-order valence-electron chi connectivity index (χ2n) is 3.19. The van der Waals surface area contributed by atoms with Crippen molar-refractivity contribution in [3.05, 3.63) is 9.08 Å². The minimum Gasteiger partial charge on any atom is -0.491 e. The van der Waals surface area contributed by atoms with Crippen LogP contribution in [0.5, 0.6) is 0 Å². The average molecular weight is 314 g/mol. The van der Waals surface area contributed by atoms with Gasteiger partial charge in [0.25, 0.3) is 0 Å². The number of halogens is 1. The van der Waals surface area contributed by atoms with Crippen molar-refractivity contribution in [3.8, 4) is 0 Å². The molecule has 0 aromatic carbocycles. The lowest BCUT2D eigenvalue weighted by Gasteiger charge is -2.22. The van der Waals surface area contributed by atoms with Crippen molar-refractivity contribution in [2.75, 3.05) is 19.4 Å². The molecule has 13 heavy (non-hydrogen) atoms. The molecular formula is C10H20IOP. The minimum atomic E-state index is 0.0428. The van der Waals surface area contributed by atoms with Crippen molar-refractivity contribution in [2.45, 2.75) is 27.7 Å². The lowest BCUT2D eigenvalue weighted by molar-refractivity contribution is 0.326. The molecule has 0 spiro atoms. The van der Waals surface area contributed by atoms with Crippen molar-refractivity contribution < 1.29 is 4.74 Å². The topological polar surface area (TPSA) is 9.23 Å². The summed E-state index contributed by atoms with van der Waals surface area (Å²) in [6.45, 7) is 9.07. The van der Waals surface area contributed by atoms with Crippen LogP contribution in [-0.4, -0.2) is 19.4 Å². The maximum atomic E-state index is 5.34. The molecule has 1 nitrogen and oxygen atoms in total. The van der Waals surface area contributed by atoms with Crippen molar-refractivity contribution in [3.63, 3.8) is 0 Å². The maximum absolute atomic E-state index is 5.34. The molecule has 0 aliphatic heterocycles. The summed E-state index contributed by atoms with van der Waals surface area (Å²) in [4.78, 5) is 0. The van der Waals surface area contributed by atoms with Crippen LogP contribution in [0.2, 0.25) is 0 Å². The lowest BCUT2D eigenvalue weighted by atomic mass is 10.2. The molecule has 0 bridgehead atoms. The van der Waals surface area contributed by atoms with E-state index in [1.165, 1.54) is 12.3 Å². The van der Waals surface area contributed by atoms with E-state index >= 15 is 0 Å². The Morgan fingerprint density at radius 3 is 2.00 bits per heavy atom. The second kappa shape index (κ2) is 7.05. The van der Waals surface area contributed by atoms with E-state index in [2.05, 4.69) is 50.3 Å². The van der Waals surface area contributed by atoms with Crippen LogP contribution in [0.1, 0.15) is 27.7 Å². The Kier molecular flexibility index (Phi) is 7.43. The second-order valence-corrected chi connectivity index (χ2v) is 7.00. The number of rotatable bonds is 5. The molecule has 0 aliphatic rings. The van der Waals surface area contributed by atoms with Crippen LogP contribution >= 0.6 is 30.5 Å². The first-order valence-corrected chi connectivity index (χ1v) is 7.56. The average Bonchev–Trinajstić information content (AvgIpc) is 2.12. The standard InChI is InChI=1S/C10H20IOP/c1-6-13(7-2)9(8(3)4)10(11)12-5/h8H,6-7H2,1-5H3/b10-9-. The fourth-order valence-electron chi connectivity index (χ4n) is 1.39. The molecule has 0 radical (unpaired) electrons. The number of allylic oxidation sites excluding steroid dienone is 1. The van der Waals surface area contributed by atoms with Crippen LogP contribution < -0.4 is 0 Å². The Morgan fingerprint density at radius 2 is 1.77 bits per heavy atom. The van der Waals surface area contributed by atoms with Crippen LogP contribution in [0.15, 0.2) is 9.08 Å². The van der Waals surface area contributed by atoms with Gasteiger partial charge in [-0.2, -0.15) is 0 Å². The third-order valence-electron chi connectivity index (χ3n) is 2.03. The first kappa shape index (κ1) is 13.7. The normalized spacial score (nSPS) is 13.5. The summed E-state index contributed by atoms with van der Waals surface area (Å²) in [6.07, 6.45) is 2.55. The van der Waals surface area contributed by atoms with Gasteiger partial charge in [-0.3, -0.25) is 0 Å². The van der Waals surface area contributed by atoms with E-state index in [1.807, 2.05) is 0 Å². The van der Waals surface area contributed by atoms with Crippen molar-refractivity contribution in [1.82, 2.24) is 0 Å². The SMILES string of the molecule is CCP(CC)/C(=C(/I)OC)C(C)C. The van der Waals surface area contributed by atoms with Gasteiger partial charge in [-0.15, -0.1) is 0 Å². The van der Waals surface area contributed by atoms with Gasteiger partial charge >= 0.3 is 0 Å². The molecule has 0 unspecified atom stereocenters. The first-order valence-electron chi connectivity index (χ1n) is 4.77. The molecule has 0 saturated carbocycles. The Morgan fingerprint density at radius 1 is 1.31 bits per heavy atom. The van der Waals surface area contributed by atoms with Gasteiger partial charge in [0.05, 0.1) is 7.11 Å². The van der Waals surface area contributed by atoms with Crippen LogP contribution in [0, 0.1) is 5.92 Å². The molecule has 0 amide bonds. The van der Waals surface area contributed by atoms with E-state index in [9.17, 15) is 0 Å². The minimum absolute atomic E-state index is 0.0428. The quantitative estimate of drug-likeness (QED) is 0.415. The summed E-state index contributed by atoms with van der Waals surface area (Å²) < 4.78 is 6.45. The lowest BCUT2D eigenvalue weighted by Crippen LogP contribution is -1.99. The predicted octanol–water partition coefficient (Wildman–Crippen LogP) is 4.41. The summed E-state index contributed by atoms with van der Waals surface area (Å²) in [5, 5.41) is 1.54. The fourth-order valence-corrected chi connectivity index (χ4v) is 5.23. The number of methoxy groups -OCH3 is 1. The zero-order valence-electron chi connectivity index (χ0n) is 9.22. The number of hydrogen-bond acceptors (Lipinski definition) is 1. The molecule has 0 aliphatic carbocycles. The molecule has 0 saturated heterocycles. The van der Waals surface area contributed by atoms with Crippen LogP contribution in [0.25, 0.3) is 0 Å². The zero-order chi connectivity index (χ0) is 10.4. The molecule has 0 aromatic heterocycles. The predicted molar refractivity (Wildman–Crippen MR) is 70.9 cm³/mol. The Bertz CT molecular complexity index is 174. The third-order valence-corrected chi connectivity index (χ3v) is 6.41. The largest absolute Gasteiger partial charge is 0.491 e. The molecule has 0 N–H and O–H groups in total. The smallest absolute Gasteiger partial charge is 0.160 e. The fraction of sp³-hybridized carbons (Fsp3) is 0.800. The Balaban J connectivity index is 4.78. The summed E-state index contributed by atoms with van der Waals surface area (Å²) in [7, 11) is 1.81. The van der Waals surface area contributed by atoms with Gasteiger partial charge in [-0.25, -0.2) is 0 Å². The van der Waals surface area contributed by atoms with Crippen LogP contribution in [0.3, 0.4) is 0 Å². The summed E-state index contributed by atoms with van der Waals surface area (Å²) in [6, 6.07) is 0. The van der Waals surface area contributed by atoms with E-state index in [-0.39, 0.29) is 7.92 Å². The van der Waals surface area contributed by atoms with Gasteiger partial charge in [-0.05, 0) is 40.8 Å². The van der Waals surface area contributed by atoms with Gasteiger partial charge in [-0.1, -0.05) is 35.6 Å². The highest BCUT2D eigenvalue weighted by Gasteiger charge is 2.17. The van der Waals surface area contributed by atoms with Gasteiger partial charge in [0, 0.05) is 5.31 Å². The molecule has 78 valence electrons. The summed E-state index contributed by atoms with van der Waals surface area (Å²) in [5.41, 5.74) is 0. The van der Waals surface area contributed by atoms with Crippen LogP contribution in [-0.2, 0) is 4.74 Å². The van der Waals surface area contributed by atoms with Gasteiger partial charge < -0.3 is 4.74 Å². The molecule has 3 heteroatoms. The summed E-state index contributed by atoms with van der Waals surface area (Å²) >= 11 is 2.32. The zero-order valence-corrected chi connectivity index (χ0v) is 12.3. The van der Waals surface area contributed by atoms with E-state index in [4.69, 9.17) is 4.74 Å².